The number of aryl methyl sites for hydroxylation is 1. The number of nitrogens with zero attached hydrogens (tertiary/aromatic N) is 5. The van der Waals surface area contributed by atoms with Crippen molar-refractivity contribution in [2.45, 2.75) is 45.1 Å². The summed E-state index contributed by atoms with van der Waals surface area (Å²) in [6.45, 7) is 6.46. The van der Waals surface area contributed by atoms with Crippen molar-refractivity contribution in [3.63, 3.8) is 0 Å². The maximum Gasteiger partial charge on any atom is 0.334 e. The fraction of sp³-hybridized carbons (Fsp3) is 0.581. The van der Waals surface area contributed by atoms with Crippen LogP contribution in [0.5, 0.6) is 0 Å². The Kier molecular flexibility index (Phi) is 16.6. The molecule has 0 bridgehead atoms. The Morgan fingerprint density at radius 1 is 1.06 bits per heavy atom. The van der Waals surface area contributed by atoms with Gasteiger partial charge in [0.2, 0.25) is 5.28 Å². The van der Waals surface area contributed by atoms with Gasteiger partial charge >= 0.3 is 7.60 Å². The van der Waals surface area contributed by atoms with Crippen LogP contribution in [0.3, 0.4) is 0 Å². The number of aromatic nitrogens is 4. The minimum atomic E-state index is -4.39. The van der Waals surface area contributed by atoms with Crippen molar-refractivity contribution in [3.8, 4) is 12.3 Å². The summed E-state index contributed by atoms with van der Waals surface area (Å²) in [4.78, 5) is 39.3. The van der Waals surface area contributed by atoms with Gasteiger partial charge < -0.3 is 47.8 Å². The Labute approximate surface area is 292 Å². The summed E-state index contributed by atoms with van der Waals surface area (Å²) in [5.74, 6) is 2.29. The largest absolute Gasteiger partial charge is 0.377 e. The molecule has 49 heavy (non-hydrogen) atoms. The number of ether oxygens (including phenoxy) is 5. The highest BCUT2D eigenvalue weighted by molar-refractivity contribution is 7.67. The lowest BCUT2D eigenvalue weighted by atomic mass is 10.0. The Morgan fingerprint density at radius 2 is 1.73 bits per heavy atom. The molecule has 3 N–H and O–H groups in total. The first-order valence-electron chi connectivity index (χ1n) is 15.9. The molecule has 3 heterocycles. The average Bonchev–Trinajstić information content (AvgIpc) is 3.71. The number of hydrogen-bond donors (Lipinski definition) is 3. The van der Waals surface area contributed by atoms with E-state index in [1.165, 1.54) is 5.56 Å². The molecule has 1 fully saturated rings. The van der Waals surface area contributed by atoms with Crippen LogP contribution in [0.2, 0.25) is 5.28 Å². The van der Waals surface area contributed by atoms with E-state index in [1.807, 2.05) is 12.1 Å². The molecule has 0 aliphatic carbocycles. The monoisotopic (exact) mass is 743 g/mol. The topological polar surface area (TPSA) is 180 Å². The third-order valence-corrected chi connectivity index (χ3v) is 10.5. The zero-order valence-electron chi connectivity index (χ0n) is 27.4. The number of hydrogen-bond acceptors (Lipinski definition) is 12. The van der Waals surface area contributed by atoms with Gasteiger partial charge in [-0.2, -0.15) is 15.1 Å². The van der Waals surface area contributed by atoms with E-state index in [1.54, 1.807) is 10.9 Å². The minimum Gasteiger partial charge on any atom is -0.377 e. The van der Waals surface area contributed by atoms with Crippen molar-refractivity contribution in [1.82, 2.24) is 19.7 Å². The van der Waals surface area contributed by atoms with Gasteiger partial charge in [-0.3, -0.25) is 4.57 Å². The number of anilines is 1. The van der Waals surface area contributed by atoms with Crippen molar-refractivity contribution in [1.29, 1.82) is 0 Å². The van der Waals surface area contributed by atoms with Crippen LogP contribution in [-0.4, -0.2) is 112 Å². The third-order valence-electron chi connectivity index (χ3n) is 7.45. The molecule has 15 nitrogen and oxygen atoms in total. The van der Waals surface area contributed by atoms with E-state index in [4.69, 9.17) is 56.0 Å². The van der Waals surface area contributed by atoms with Gasteiger partial charge in [-0.1, -0.05) is 37.1 Å². The molecular formula is C31H44ClN5O10P2. The van der Waals surface area contributed by atoms with Crippen molar-refractivity contribution in [2.24, 2.45) is 0 Å². The summed E-state index contributed by atoms with van der Waals surface area (Å²) < 4.78 is 46.4. The van der Waals surface area contributed by atoms with E-state index in [-0.39, 0.29) is 18.5 Å². The molecule has 0 spiro atoms. The molecule has 0 saturated carbocycles. The summed E-state index contributed by atoms with van der Waals surface area (Å²) in [7, 11) is -6.65. The standard InChI is InChI=1S/C31H44ClN5O10P2/c1-3-12-42-14-16-44-18-19-45-17-15-43-13-11-36(21-25-8-6-5-7-24(25)4-2)29-27-20-33-37(30(27)35-31(32)34-29)28-10-9-26(47-28)22-46-48(38)23-49(39,40)41/h1,5-8,20,26,28,38H,4,9-19,21-23H2,2H3,(H2,39,40,41). The minimum absolute atomic E-state index is 0.00846. The van der Waals surface area contributed by atoms with Gasteiger partial charge in [0.1, 0.15) is 18.3 Å². The van der Waals surface area contributed by atoms with Crippen LogP contribution >= 0.6 is 27.6 Å². The molecule has 3 aromatic rings. The van der Waals surface area contributed by atoms with E-state index < -0.39 is 34.2 Å². The Hall–Kier alpha value is -2.28. The van der Waals surface area contributed by atoms with Crippen LogP contribution in [-0.2, 0) is 45.7 Å². The van der Waals surface area contributed by atoms with Gasteiger partial charge in [0.05, 0.1) is 70.5 Å². The van der Waals surface area contributed by atoms with E-state index in [0.717, 1.165) is 12.0 Å². The molecule has 2 aromatic heterocycles. The molecular weight excluding hydrogens is 700 g/mol. The first kappa shape index (κ1) is 39.5. The molecule has 3 unspecified atom stereocenters. The summed E-state index contributed by atoms with van der Waals surface area (Å²) in [6.07, 6.45) is 8.00. The third kappa shape index (κ3) is 13.1. The predicted molar refractivity (Wildman–Crippen MR) is 184 cm³/mol. The van der Waals surface area contributed by atoms with E-state index in [9.17, 15) is 9.46 Å². The van der Waals surface area contributed by atoms with E-state index in [0.29, 0.717) is 89.0 Å². The van der Waals surface area contributed by atoms with Crippen LogP contribution in [0.4, 0.5) is 5.82 Å². The summed E-state index contributed by atoms with van der Waals surface area (Å²) in [5.41, 5.74) is 2.87. The van der Waals surface area contributed by atoms with Gasteiger partial charge in [0.25, 0.3) is 0 Å². The molecule has 1 aliphatic rings. The second-order valence-electron chi connectivity index (χ2n) is 11.0. The Morgan fingerprint density at radius 3 is 2.41 bits per heavy atom. The van der Waals surface area contributed by atoms with Crippen LogP contribution in [0.15, 0.2) is 30.5 Å². The van der Waals surface area contributed by atoms with Crippen LogP contribution < -0.4 is 4.90 Å². The summed E-state index contributed by atoms with van der Waals surface area (Å²) >= 11 is 6.50. The molecule has 0 radical (unpaired) electrons. The smallest absolute Gasteiger partial charge is 0.334 e. The maximum atomic E-state index is 11.2. The predicted octanol–water partition coefficient (Wildman–Crippen LogP) is 3.88. The van der Waals surface area contributed by atoms with Gasteiger partial charge in [-0.25, -0.2) is 4.68 Å². The fourth-order valence-electron chi connectivity index (χ4n) is 5.18. The van der Waals surface area contributed by atoms with Gasteiger partial charge in [0, 0.05) is 13.1 Å². The second-order valence-corrected chi connectivity index (χ2v) is 14.8. The highest BCUT2D eigenvalue weighted by atomic mass is 35.5. The van der Waals surface area contributed by atoms with Crippen LogP contribution in [0, 0.1) is 12.3 Å². The molecule has 270 valence electrons. The SMILES string of the molecule is C#CCOCCOCCOCCOCCN(Cc1ccccc1CC)c1nc(Cl)nc2c1cnn2C1CCC(COP(O)CP(=O)(O)O)O1. The maximum absolute atomic E-state index is 11.2. The number of fused-ring (bicyclic) bond motifs is 1. The highest BCUT2D eigenvalue weighted by Gasteiger charge is 2.31. The lowest BCUT2D eigenvalue weighted by Gasteiger charge is -2.25. The van der Waals surface area contributed by atoms with Crippen molar-refractivity contribution < 1.29 is 47.5 Å². The molecule has 1 aromatic carbocycles. The molecule has 1 aliphatic heterocycles. The summed E-state index contributed by atoms with van der Waals surface area (Å²) in [5, 5.41) is 5.34. The highest BCUT2D eigenvalue weighted by Crippen LogP contribution is 2.49. The molecule has 1 saturated heterocycles. The number of terminal acetylenes is 1. The lowest BCUT2D eigenvalue weighted by molar-refractivity contribution is -0.0213. The van der Waals surface area contributed by atoms with Gasteiger partial charge in [-0.15, -0.1) is 6.42 Å². The normalized spacial score (nSPS) is 17.1. The first-order chi connectivity index (χ1) is 23.7. The van der Waals surface area contributed by atoms with Crippen LogP contribution in [0.1, 0.15) is 37.1 Å². The van der Waals surface area contributed by atoms with Crippen molar-refractivity contribution in [2.75, 3.05) is 76.8 Å². The number of halogens is 1. The molecule has 4 rings (SSSR count). The zero-order valence-corrected chi connectivity index (χ0v) is 30.0. The summed E-state index contributed by atoms with van der Waals surface area (Å²) in [6, 6.07) is 8.25. The second kappa shape index (κ2) is 20.5. The fourth-order valence-corrected chi connectivity index (χ4v) is 7.27. The zero-order chi connectivity index (χ0) is 35.1. The van der Waals surface area contributed by atoms with Crippen LogP contribution in [0.25, 0.3) is 11.0 Å². The molecule has 18 heteroatoms. The van der Waals surface area contributed by atoms with Crippen molar-refractivity contribution in [3.05, 3.63) is 46.9 Å². The van der Waals surface area contributed by atoms with Crippen molar-refractivity contribution >= 4 is 44.4 Å². The first-order valence-corrected chi connectivity index (χ1v) is 19.5. The molecule has 0 amide bonds. The molecule has 3 atom stereocenters. The number of benzene rings is 1. The lowest BCUT2D eigenvalue weighted by Crippen LogP contribution is -2.29. The Bertz CT molecular complexity index is 1540. The number of rotatable bonds is 23. The van der Waals surface area contributed by atoms with Gasteiger partial charge in [-0.05, 0) is 42.0 Å². The Balaban J connectivity index is 1.38. The quantitative estimate of drug-likeness (QED) is 0.0551. The van der Waals surface area contributed by atoms with Gasteiger partial charge in [0.15, 0.2) is 20.3 Å². The van der Waals surface area contributed by atoms with E-state index >= 15 is 0 Å². The van der Waals surface area contributed by atoms with E-state index in [2.05, 4.69) is 44.9 Å². The average molecular weight is 744 g/mol.